The maximum absolute atomic E-state index is 11.7. The van der Waals surface area contributed by atoms with E-state index in [2.05, 4.69) is 15.0 Å². The van der Waals surface area contributed by atoms with Crippen molar-refractivity contribution < 1.29 is 14.3 Å². The van der Waals surface area contributed by atoms with Gasteiger partial charge in [-0.25, -0.2) is 9.97 Å². The predicted molar refractivity (Wildman–Crippen MR) is 106 cm³/mol. The van der Waals surface area contributed by atoms with E-state index in [1.165, 1.54) is 14.2 Å². The first kappa shape index (κ1) is 20.4. The van der Waals surface area contributed by atoms with E-state index >= 15 is 0 Å². The van der Waals surface area contributed by atoms with Crippen molar-refractivity contribution in [2.24, 2.45) is 4.99 Å². The quantitative estimate of drug-likeness (QED) is 0.412. The third-order valence-corrected chi connectivity index (χ3v) is 3.81. The van der Waals surface area contributed by atoms with Crippen molar-refractivity contribution in [1.29, 1.82) is 0 Å². The lowest BCUT2D eigenvalue weighted by Gasteiger charge is -2.11. The van der Waals surface area contributed by atoms with Gasteiger partial charge in [0.25, 0.3) is 0 Å². The van der Waals surface area contributed by atoms with Crippen LogP contribution in [0.5, 0.6) is 0 Å². The number of hydrogen-bond donors (Lipinski definition) is 0. The number of ether oxygens (including phenoxy) is 2. The molecule has 0 aliphatic rings. The summed E-state index contributed by atoms with van der Waals surface area (Å²) in [6.45, 7) is 0. The first-order chi connectivity index (χ1) is 12.9. The smallest absolute Gasteiger partial charge is 0.313 e. The zero-order valence-electron chi connectivity index (χ0n) is 15.6. The number of benzene rings is 1. The lowest BCUT2D eigenvalue weighted by Crippen LogP contribution is -2.12. The van der Waals surface area contributed by atoms with Crippen LogP contribution in [0, 0.1) is 0 Å². The minimum absolute atomic E-state index is 0.0433. The Kier molecular flexibility index (Phi) is 7.31. The predicted octanol–water partition coefficient (Wildman–Crippen LogP) is 3.19. The molecule has 1 aromatic heterocycles. The fraction of sp³-hybridized carbons (Fsp3) is 0.263. The highest BCUT2D eigenvalue weighted by Gasteiger charge is 2.14. The van der Waals surface area contributed by atoms with Gasteiger partial charge in [0.2, 0.25) is 5.95 Å². The van der Waals surface area contributed by atoms with Gasteiger partial charge in [0, 0.05) is 48.9 Å². The Labute approximate surface area is 163 Å². The van der Waals surface area contributed by atoms with Crippen molar-refractivity contribution in [1.82, 2.24) is 9.97 Å². The molecule has 0 saturated heterocycles. The molecular formula is C19H21ClN4O3. The Balaban J connectivity index is 2.42. The van der Waals surface area contributed by atoms with Gasteiger partial charge in [-0.05, 0) is 12.1 Å². The number of esters is 1. The Hall–Kier alpha value is -2.93. The Bertz CT molecular complexity index is 831. The number of methoxy groups -OCH3 is 2. The van der Waals surface area contributed by atoms with Crippen LogP contribution >= 0.6 is 11.6 Å². The molecule has 7 nitrogen and oxygen atoms in total. The number of aliphatic imine (C=N–C) groups is 1. The zero-order valence-corrected chi connectivity index (χ0v) is 16.4. The van der Waals surface area contributed by atoms with Crippen molar-refractivity contribution >= 4 is 35.4 Å². The SMILES string of the molecule is COC(=O)C/C(OC)=C(/N=Cc1cnc(N(C)C)nc1)c1ccc(Cl)cc1. The van der Waals surface area contributed by atoms with Gasteiger partial charge in [-0.15, -0.1) is 0 Å². The summed E-state index contributed by atoms with van der Waals surface area (Å²) in [5.41, 5.74) is 1.96. The van der Waals surface area contributed by atoms with E-state index < -0.39 is 5.97 Å². The molecule has 2 rings (SSSR count). The van der Waals surface area contributed by atoms with Crippen molar-refractivity contribution in [2.75, 3.05) is 33.2 Å². The van der Waals surface area contributed by atoms with Crippen LogP contribution in [0.15, 0.2) is 47.4 Å². The number of rotatable bonds is 7. The topological polar surface area (TPSA) is 76.9 Å². The van der Waals surface area contributed by atoms with E-state index in [0.717, 1.165) is 5.56 Å². The van der Waals surface area contributed by atoms with Gasteiger partial charge in [-0.3, -0.25) is 9.79 Å². The van der Waals surface area contributed by atoms with Crippen molar-refractivity contribution in [3.05, 3.63) is 58.6 Å². The van der Waals surface area contributed by atoms with Crippen LogP contribution in [0.4, 0.5) is 5.95 Å². The summed E-state index contributed by atoms with van der Waals surface area (Å²) in [7, 11) is 6.54. The summed E-state index contributed by atoms with van der Waals surface area (Å²) in [5.74, 6) is 0.558. The summed E-state index contributed by atoms with van der Waals surface area (Å²) in [6.07, 6.45) is 4.90. The standard InChI is InChI=1S/C19H21ClN4O3/c1-24(2)19-22-11-13(12-23-19)10-21-18(14-5-7-15(20)8-6-14)16(26-3)9-17(25)27-4/h5-8,10-12H,9H2,1-4H3/b18-16-,21-10?. The van der Waals surface area contributed by atoms with Crippen LogP contribution in [0.2, 0.25) is 5.02 Å². The second-order valence-corrected chi connectivity index (χ2v) is 6.14. The van der Waals surface area contributed by atoms with Crippen molar-refractivity contribution in [3.8, 4) is 0 Å². The number of nitrogens with zero attached hydrogens (tertiary/aromatic N) is 4. The van der Waals surface area contributed by atoms with Crippen LogP contribution in [-0.4, -0.2) is 50.5 Å². The highest BCUT2D eigenvalue weighted by atomic mass is 35.5. The lowest BCUT2D eigenvalue weighted by atomic mass is 10.1. The second-order valence-electron chi connectivity index (χ2n) is 5.70. The van der Waals surface area contributed by atoms with E-state index in [-0.39, 0.29) is 6.42 Å². The second kappa shape index (κ2) is 9.68. The molecule has 0 atom stereocenters. The summed E-state index contributed by atoms with van der Waals surface area (Å²) in [5, 5.41) is 0.599. The molecule has 27 heavy (non-hydrogen) atoms. The first-order valence-electron chi connectivity index (χ1n) is 8.08. The molecule has 0 unspecified atom stereocenters. The Morgan fingerprint density at radius 1 is 1.15 bits per heavy atom. The summed E-state index contributed by atoms with van der Waals surface area (Å²) < 4.78 is 10.1. The minimum atomic E-state index is -0.424. The average Bonchev–Trinajstić information content (AvgIpc) is 2.68. The third kappa shape index (κ3) is 5.79. The number of carbonyl (C=O) groups is 1. The van der Waals surface area contributed by atoms with Crippen LogP contribution in [0.3, 0.4) is 0 Å². The van der Waals surface area contributed by atoms with E-state index in [4.69, 9.17) is 21.1 Å². The molecule has 0 bridgehead atoms. The van der Waals surface area contributed by atoms with Gasteiger partial charge in [0.15, 0.2) is 0 Å². The molecule has 142 valence electrons. The lowest BCUT2D eigenvalue weighted by molar-refractivity contribution is -0.140. The summed E-state index contributed by atoms with van der Waals surface area (Å²) >= 11 is 5.97. The zero-order chi connectivity index (χ0) is 19.8. The normalized spacial score (nSPS) is 11.9. The van der Waals surface area contributed by atoms with Crippen LogP contribution < -0.4 is 4.90 Å². The molecule has 0 aliphatic carbocycles. The maximum Gasteiger partial charge on any atom is 0.313 e. The van der Waals surface area contributed by atoms with E-state index in [1.54, 1.807) is 47.8 Å². The van der Waals surface area contributed by atoms with Gasteiger partial charge in [-0.2, -0.15) is 0 Å². The van der Waals surface area contributed by atoms with Crippen LogP contribution in [0.25, 0.3) is 5.70 Å². The molecule has 0 saturated carbocycles. The summed E-state index contributed by atoms with van der Waals surface area (Å²) in [6, 6.07) is 7.09. The number of halogens is 1. The van der Waals surface area contributed by atoms with Gasteiger partial charge in [0.1, 0.15) is 17.9 Å². The molecule has 0 fully saturated rings. The van der Waals surface area contributed by atoms with Crippen molar-refractivity contribution in [2.45, 2.75) is 6.42 Å². The molecule has 0 radical (unpaired) electrons. The molecule has 0 N–H and O–H groups in total. The van der Waals surface area contributed by atoms with Gasteiger partial charge >= 0.3 is 5.97 Å². The number of hydrogen-bond acceptors (Lipinski definition) is 7. The fourth-order valence-corrected chi connectivity index (χ4v) is 2.26. The van der Waals surface area contributed by atoms with E-state index in [1.807, 2.05) is 14.1 Å². The number of anilines is 1. The largest absolute Gasteiger partial charge is 0.498 e. The minimum Gasteiger partial charge on any atom is -0.498 e. The van der Waals surface area contributed by atoms with Gasteiger partial charge in [0.05, 0.1) is 14.2 Å². The molecular weight excluding hydrogens is 368 g/mol. The molecule has 1 aromatic carbocycles. The first-order valence-corrected chi connectivity index (χ1v) is 8.45. The monoisotopic (exact) mass is 388 g/mol. The molecule has 1 heterocycles. The van der Waals surface area contributed by atoms with Crippen LogP contribution in [-0.2, 0) is 14.3 Å². The maximum atomic E-state index is 11.7. The number of carbonyl (C=O) groups excluding carboxylic acids is 1. The fourth-order valence-electron chi connectivity index (χ4n) is 2.14. The van der Waals surface area contributed by atoms with Crippen LogP contribution in [0.1, 0.15) is 17.5 Å². The van der Waals surface area contributed by atoms with Gasteiger partial charge < -0.3 is 14.4 Å². The third-order valence-electron chi connectivity index (χ3n) is 3.56. The Morgan fingerprint density at radius 2 is 1.78 bits per heavy atom. The highest BCUT2D eigenvalue weighted by Crippen LogP contribution is 2.25. The van der Waals surface area contributed by atoms with E-state index in [0.29, 0.717) is 28.0 Å². The summed E-state index contributed by atoms with van der Waals surface area (Å²) in [4.78, 5) is 26.5. The Morgan fingerprint density at radius 3 is 2.30 bits per heavy atom. The molecule has 2 aromatic rings. The molecule has 0 spiro atoms. The molecule has 0 aliphatic heterocycles. The molecule has 0 amide bonds. The average molecular weight is 389 g/mol. The van der Waals surface area contributed by atoms with E-state index in [9.17, 15) is 4.79 Å². The highest BCUT2D eigenvalue weighted by molar-refractivity contribution is 6.30. The number of aromatic nitrogens is 2. The van der Waals surface area contributed by atoms with Crippen molar-refractivity contribution in [3.63, 3.8) is 0 Å². The van der Waals surface area contributed by atoms with Gasteiger partial charge in [-0.1, -0.05) is 23.7 Å². The molecule has 8 heteroatoms.